The Morgan fingerprint density at radius 3 is 2.16 bits per heavy atom. The fourth-order valence-electron chi connectivity index (χ4n) is 2.84. The van der Waals surface area contributed by atoms with Gasteiger partial charge in [0.25, 0.3) is 0 Å². The molecule has 0 aliphatic rings. The predicted octanol–water partition coefficient (Wildman–Crippen LogP) is 5.18. The van der Waals surface area contributed by atoms with Crippen LogP contribution in [-0.2, 0) is 6.61 Å². The molecule has 1 heterocycles. The molecule has 0 aliphatic carbocycles. The molecule has 0 saturated carbocycles. The lowest BCUT2D eigenvalue weighted by molar-refractivity contribution is 0.295. The SMILES string of the molecule is Cc1ccc(-c2nnc(OCc3ccccc3)c3ccccc23)cc1. The number of rotatable bonds is 4. The highest BCUT2D eigenvalue weighted by molar-refractivity contribution is 5.96. The zero-order valence-electron chi connectivity index (χ0n) is 14.0. The molecule has 4 aromatic rings. The number of fused-ring (bicyclic) bond motifs is 1. The lowest BCUT2D eigenvalue weighted by atomic mass is 10.0. The maximum absolute atomic E-state index is 5.94. The molecule has 0 atom stereocenters. The van der Waals surface area contributed by atoms with Crippen LogP contribution >= 0.6 is 0 Å². The summed E-state index contributed by atoms with van der Waals surface area (Å²) in [5.41, 5.74) is 4.27. The van der Waals surface area contributed by atoms with Crippen molar-refractivity contribution < 1.29 is 4.74 Å². The lowest BCUT2D eigenvalue weighted by Gasteiger charge is -2.11. The van der Waals surface area contributed by atoms with Crippen LogP contribution in [0.2, 0.25) is 0 Å². The van der Waals surface area contributed by atoms with E-state index in [1.807, 2.05) is 48.5 Å². The summed E-state index contributed by atoms with van der Waals surface area (Å²) in [7, 11) is 0. The Kier molecular flexibility index (Phi) is 4.13. The van der Waals surface area contributed by atoms with Gasteiger partial charge in [-0.15, -0.1) is 10.2 Å². The standard InChI is InChI=1S/C22H18N2O/c1-16-11-13-18(14-12-16)21-19-9-5-6-10-20(19)22(24-23-21)25-15-17-7-3-2-4-8-17/h2-14H,15H2,1H3. The molecule has 3 nitrogen and oxygen atoms in total. The van der Waals surface area contributed by atoms with Gasteiger partial charge in [0.2, 0.25) is 5.88 Å². The van der Waals surface area contributed by atoms with Crippen molar-refractivity contribution in [1.29, 1.82) is 0 Å². The number of ether oxygens (including phenoxy) is 1. The molecule has 4 rings (SSSR count). The summed E-state index contributed by atoms with van der Waals surface area (Å²) in [6.45, 7) is 2.55. The molecule has 0 saturated heterocycles. The molecular formula is C22H18N2O. The highest BCUT2D eigenvalue weighted by Gasteiger charge is 2.11. The number of hydrogen-bond donors (Lipinski definition) is 0. The van der Waals surface area contributed by atoms with E-state index in [4.69, 9.17) is 4.74 Å². The Bertz CT molecular complexity index is 995. The normalized spacial score (nSPS) is 10.8. The van der Waals surface area contributed by atoms with Gasteiger partial charge in [-0.1, -0.05) is 78.4 Å². The Morgan fingerprint density at radius 2 is 1.40 bits per heavy atom. The molecule has 122 valence electrons. The minimum Gasteiger partial charge on any atom is -0.471 e. The molecule has 3 aromatic carbocycles. The van der Waals surface area contributed by atoms with Crippen LogP contribution in [0.3, 0.4) is 0 Å². The molecule has 0 radical (unpaired) electrons. The monoisotopic (exact) mass is 326 g/mol. The van der Waals surface area contributed by atoms with Gasteiger partial charge < -0.3 is 4.74 Å². The Balaban J connectivity index is 1.73. The van der Waals surface area contributed by atoms with Crippen molar-refractivity contribution in [2.24, 2.45) is 0 Å². The van der Waals surface area contributed by atoms with E-state index in [1.165, 1.54) is 5.56 Å². The Hall–Kier alpha value is -3.20. The molecule has 0 spiro atoms. The van der Waals surface area contributed by atoms with Gasteiger partial charge >= 0.3 is 0 Å². The molecule has 0 unspecified atom stereocenters. The Morgan fingerprint density at radius 1 is 0.720 bits per heavy atom. The maximum atomic E-state index is 5.94. The summed E-state index contributed by atoms with van der Waals surface area (Å²) in [6.07, 6.45) is 0. The van der Waals surface area contributed by atoms with E-state index < -0.39 is 0 Å². The summed E-state index contributed by atoms with van der Waals surface area (Å²) in [5, 5.41) is 10.8. The number of aromatic nitrogens is 2. The van der Waals surface area contributed by atoms with Crippen molar-refractivity contribution in [3.8, 4) is 17.1 Å². The van der Waals surface area contributed by atoms with Crippen molar-refractivity contribution in [2.75, 3.05) is 0 Å². The third kappa shape index (κ3) is 3.22. The van der Waals surface area contributed by atoms with Crippen molar-refractivity contribution in [2.45, 2.75) is 13.5 Å². The fourth-order valence-corrected chi connectivity index (χ4v) is 2.84. The number of nitrogens with zero attached hydrogens (tertiary/aromatic N) is 2. The molecule has 1 aromatic heterocycles. The molecule has 0 amide bonds. The van der Waals surface area contributed by atoms with Gasteiger partial charge in [0, 0.05) is 16.3 Å². The van der Waals surface area contributed by atoms with Crippen LogP contribution in [0.25, 0.3) is 22.0 Å². The number of hydrogen-bond acceptors (Lipinski definition) is 3. The first-order chi connectivity index (χ1) is 12.3. The van der Waals surface area contributed by atoms with E-state index >= 15 is 0 Å². The van der Waals surface area contributed by atoms with Gasteiger partial charge in [0.15, 0.2) is 0 Å². The van der Waals surface area contributed by atoms with Gasteiger partial charge in [-0.05, 0) is 18.6 Å². The first-order valence-corrected chi connectivity index (χ1v) is 8.30. The van der Waals surface area contributed by atoms with Crippen molar-refractivity contribution in [1.82, 2.24) is 10.2 Å². The van der Waals surface area contributed by atoms with Crippen LogP contribution in [0.4, 0.5) is 0 Å². The average molecular weight is 326 g/mol. The lowest BCUT2D eigenvalue weighted by Crippen LogP contribution is -2.00. The second-order valence-corrected chi connectivity index (χ2v) is 6.04. The minimum atomic E-state index is 0.476. The van der Waals surface area contributed by atoms with E-state index in [1.54, 1.807) is 0 Å². The largest absolute Gasteiger partial charge is 0.471 e. The van der Waals surface area contributed by atoms with Crippen molar-refractivity contribution in [3.05, 3.63) is 90.0 Å². The summed E-state index contributed by atoms with van der Waals surface area (Å²) in [5.74, 6) is 0.565. The van der Waals surface area contributed by atoms with Gasteiger partial charge in [-0.25, -0.2) is 0 Å². The summed E-state index contributed by atoms with van der Waals surface area (Å²) < 4.78 is 5.94. The highest BCUT2D eigenvalue weighted by atomic mass is 16.5. The van der Waals surface area contributed by atoms with E-state index in [0.717, 1.165) is 27.6 Å². The van der Waals surface area contributed by atoms with Crippen LogP contribution in [0, 0.1) is 6.92 Å². The Labute approximate surface area is 146 Å². The zero-order chi connectivity index (χ0) is 17.1. The summed E-state index contributed by atoms with van der Waals surface area (Å²) >= 11 is 0. The predicted molar refractivity (Wildman–Crippen MR) is 100 cm³/mol. The molecule has 0 N–H and O–H groups in total. The van der Waals surface area contributed by atoms with Crippen molar-refractivity contribution >= 4 is 10.8 Å². The van der Waals surface area contributed by atoms with E-state index in [0.29, 0.717) is 12.5 Å². The van der Waals surface area contributed by atoms with Crippen LogP contribution < -0.4 is 4.74 Å². The van der Waals surface area contributed by atoms with Crippen molar-refractivity contribution in [3.63, 3.8) is 0 Å². The maximum Gasteiger partial charge on any atom is 0.241 e. The zero-order valence-corrected chi connectivity index (χ0v) is 14.0. The summed E-state index contributed by atoms with van der Waals surface area (Å²) in [4.78, 5) is 0. The van der Waals surface area contributed by atoms with E-state index in [9.17, 15) is 0 Å². The first kappa shape index (κ1) is 15.3. The van der Waals surface area contributed by atoms with E-state index in [2.05, 4.69) is 47.5 Å². The smallest absolute Gasteiger partial charge is 0.241 e. The number of aryl methyl sites for hydroxylation is 1. The average Bonchev–Trinajstić information content (AvgIpc) is 2.68. The van der Waals surface area contributed by atoms with Crippen LogP contribution in [0.15, 0.2) is 78.9 Å². The number of benzene rings is 3. The third-order valence-corrected chi connectivity index (χ3v) is 4.20. The topological polar surface area (TPSA) is 35.0 Å². The second kappa shape index (κ2) is 6.73. The molecule has 0 aliphatic heterocycles. The van der Waals surface area contributed by atoms with Crippen LogP contribution in [-0.4, -0.2) is 10.2 Å². The fraction of sp³-hybridized carbons (Fsp3) is 0.0909. The molecule has 25 heavy (non-hydrogen) atoms. The molecule has 0 fully saturated rings. The van der Waals surface area contributed by atoms with Crippen LogP contribution in [0.1, 0.15) is 11.1 Å². The van der Waals surface area contributed by atoms with Crippen LogP contribution in [0.5, 0.6) is 5.88 Å². The molecule has 3 heteroatoms. The molecule has 0 bridgehead atoms. The van der Waals surface area contributed by atoms with Gasteiger partial charge in [-0.3, -0.25) is 0 Å². The molecular weight excluding hydrogens is 308 g/mol. The third-order valence-electron chi connectivity index (χ3n) is 4.20. The van der Waals surface area contributed by atoms with E-state index in [-0.39, 0.29) is 0 Å². The second-order valence-electron chi connectivity index (χ2n) is 6.04. The summed E-state index contributed by atoms with van der Waals surface area (Å²) in [6, 6.07) is 26.5. The highest BCUT2D eigenvalue weighted by Crippen LogP contribution is 2.31. The van der Waals surface area contributed by atoms with Gasteiger partial charge in [0.05, 0.1) is 0 Å². The quantitative estimate of drug-likeness (QED) is 0.518. The van der Waals surface area contributed by atoms with Gasteiger partial charge in [0.1, 0.15) is 12.3 Å². The minimum absolute atomic E-state index is 0.476. The van der Waals surface area contributed by atoms with Gasteiger partial charge in [-0.2, -0.15) is 0 Å². The first-order valence-electron chi connectivity index (χ1n) is 8.30.